The lowest BCUT2D eigenvalue weighted by molar-refractivity contribution is 0.0600. The summed E-state index contributed by atoms with van der Waals surface area (Å²) < 4.78 is 15.8. The van der Waals surface area contributed by atoms with Crippen molar-refractivity contribution in [2.45, 2.75) is 46.3 Å². The number of aryl methyl sites for hydroxylation is 4. The van der Waals surface area contributed by atoms with Crippen molar-refractivity contribution >= 4 is 51.7 Å². The number of methoxy groups -OCH3 is 2. The molecule has 43 heavy (non-hydrogen) atoms. The predicted octanol–water partition coefficient (Wildman–Crippen LogP) is 3.12. The van der Waals surface area contributed by atoms with Crippen molar-refractivity contribution in [3.8, 4) is 5.75 Å². The number of hydrogen-bond donors (Lipinski definition) is 3. The van der Waals surface area contributed by atoms with E-state index >= 15 is 0 Å². The van der Waals surface area contributed by atoms with E-state index in [0.29, 0.717) is 77.5 Å². The number of hydrogen-bond acceptors (Lipinski definition) is 9. The molecule has 0 atom stereocenters. The average Bonchev–Trinajstić information content (AvgIpc) is 3.65. The number of fused-ring (bicyclic) bond motifs is 2. The number of primary amides is 1. The Labute approximate surface area is 246 Å². The van der Waals surface area contributed by atoms with Crippen molar-refractivity contribution < 1.29 is 23.9 Å². The largest absolute Gasteiger partial charge is 0.494 e. The first-order chi connectivity index (χ1) is 20.6. The van der Waals surface area contributed by atoms with Gasteiger partial charge in [0.15, 0.2) is 0 Å². The van der Waals surface area contributed by atoms with Gasteiger partial charge in [0.05, 0.1) is 42.0 Å². The van der Waals surface area contributed by atoms with Crippen LogP contribution in [-0.2, 0) is 24.4 Å². The van der Waals surface area contributed by atoms with Crippen molar-refractivity contribution in [2.24, 2.45) is 5.73 Å². The summed E-state index contributed by atoms with van der Waals surface area (Å²) in [7, 11) is 2.83. The Morgan fingerprint density at radius 1 is 0.953 bits per heavy atom. The summed E-state index contributed by atoms with van der Waals surface area (Å²) in [5, 5.41) is 7.28. The zero-order valence-corrected chi connectivity index (χ0v) is 24.4. The summed E-state index contributed by atoms with van der Waals surface area (Å²) >= 11 is 0. The molecule has 0 aliphatic rings. The van der Waals surface area contributed by atoms with E-state index in [0.717, 1.165) is 11.2 Å². The number of esters is 1. The summed E-state index contributed by atoms with van der Waals surface area (Å²) in [6, 6.07) is 9.96. The third-order valence-corrected chi connectivity index (χ3v) is 7.18. The van der Waals surface area contributed by atoms with Gasteiger partial charge in [0.2, 0.25) is 17.8 Å². The lowest BCUT2D eigenvalue weighted by Crippen LogP contribution is -2.20. The first-order valence-corrected chi connectivity index (χ1v) is 13.7. The minimum atomic E-state index is -0.566. The van der Waals surface area contributed by atoms with Crippen molar-refractivity contribution in [3.63, 3.8) is 0 Å². The van der Waals surface area contributed by atoms with Crippen molar-refractivity contribution in [1.29, 1.82) is 0 Å². The Bertz CT molecular complexity index is 1870. The molecule has 5 aromatic rings. The van der Waals surface area contributed by atoms with Gasteiger partial charge in [-0.05, 0) is 63.1 Å². The number of nitrogens with zero attached hydrogens (tertiary/aromatic N) is 6. The molecule has 2 amide bonds. The summed E-state index contributed by atoms with van der Waals surface area (Å²) in [6.45, 7) is 5.30. The van der Waals surface area contributed by atoms with Crippen LogP contribution in [0.3, 0.4) is 0 Å². The van der Waals surface area contributed by atoms with Gasteiger partial charge in [-0.3, -0.25) is 19.6 Å². The average molecular weight is 588 g/mol. The maximum atomic E-state index is 13.2. The van der Waals surface area contributed by atoms with Crippen molar-refractivity contribution in [2.75, 3.05) is 25.3 Å². The number of nitrogen functional groups attached to an aromatic ring is 1. The third kappa shape index (κ3) is 5.58. The molecular formula is C29H33N9O5. The van der Waals surface area contributed by atoms with Crippen LogP contribution >= 0.6 is 0 Å². The number of imidazole rings is 2. The lowest BCUT2D eigenvalue weighted by Gasteiger charge is -2.12. The molecular weight excluding hydrogens is 554 g/mol. The van der Waals surface area contributed by atoms with Gasteiger partial charge in [-0.25, -0.2) is 14.8 Å². The van der Waals surface area contributed by atoms with Gasteiger partial charge in [-0.2, -0.15) is 5.10 Å². The number of rotatable bonds is 11. The number of aromatic nitrogens is 6. The van der Waals surface area contributed by atoms with Crippen LogP contribution in [0.2, 0.25) is 0 Å². The number of nitrogens with one attached hydrogen (secondary N) is 1. The van der Waals surface area contributed by atoms with E-state index in [1.54, 1.807) is 41.1 Å². The number of nitrogens with two attached hydrogens (primary N) is 2. The van der Waals surface area contributed by atoms with E-state index in [9.17, 15) is 14.4 Å². The van der Waals surface area contributed by atoms with Crippen LogP contribution in [0.1, 0.15) is 56.7 Å². The summed E-state index contributed by atoms with van der Waals surface area (Å²) in [5.74, 6) is -0.319. The molecule has 0 fully saturated rings. The van der Waals surface area contributed by atoms with Gasteiger partial charge in [-0.1, -0.05) is 0 Å². The van der Waals surface area contributed by atoms with Crippen LogP contribution in [0.15, 0.2) is 36.4 Å². The number of carbonyl (C=O) groups is 3. The third-order valence-electron chi connectivity index (χ3n) is 7.18. The Kier molecular flexibility index (Phi) is 8.01. The maximum absolute atomic E-state index is 13.2. The fourth-order valence-corrected chi connectivity index (χ4v) is 5.15. The first-order valence-electron chi connectivity index (χ1n) is 13.7. The highest BCUT2D eigenvalue weighted by Gasteiger charge is 2.20. The number of amides is 2. The second-order valence-electron chi connectivity index (χ2n) is 9.96. The highest BCUT2D eigenvalue weighted by Crippen LogP contribution is 2.30. The van der Waals surface area contributed by atoms with Gasteiger partial charge in [0.1, 0.15) is 17.0 Å². The highest BCUT2D eigenvalue weighted by molar-refractivity contribution is 6.03. The Morgan fingerprint density at radius 2 is 1.67 bits per heavy atom. The molecule has 0 spiro atoms. The van der Waals surface area contributed by atoms with E-state index in [1.807, 2.05) is 23.0 Å². The molecule has 224 valence electrons. The summed E-state index contributed by atoms with van der Waals surface area (Å²) in [4.78, 5) is 46.2. The number of unbranched alkanes of at least 4 members (excludes halogenated alkanes) is 1. The zero-order valence-electron chi connectivity index (χ0n) is 24.4. The molecule has 3 heterocycles. The van der Waals surface area contributed by atoms with E-state index in [4.69, 9.17) is 20.9 Å². The van der Waals surface area contributed by atoms with Crippen LogP contribution in [0.25, 0.3) is 22.1 Å². The lowest BCUT2D eigenvalue weighted by atomic mass is 10.1. The van der Waals surface area contributed by atoms with Crippen LogP contribution in [0.4, 0.5) is 11.9 Å². The molecule has 5 rings (SSSR count). The summed E-state index contributed by atoms with van der Waals surface area (Å²) in [5.41, 5.74) is 16.0. The smallest absolute Gasteiger partial charge is 0.338 e. The Balaban J connectivity index is 1.40. The van der Waals surface area contributed by atoms with Gasteiger partial charge in [0.25, 0.3) is 5.91 Å². The van der Waals surface area contributed by atoms with Gasteiger partial charge >= 0.3 is 5.97 Å². The molecule has 3 aromatic heterocycles. The second-order valence-corrected chi connectivity index (χ2v) is 9.96. The maximum Gasteiger partial charge on any atom is 0.338 e. The van der Waals surface area contributed by atoms with Crippen LogP contribution in [0, 0.1) is 6.92 Å². The molecule has 0 unspecified atom stereocenters. The van der Waals surface area contributed by atoms with Crippen LogP contribution in [0.5, 0.6) is 5.75 Å². The predicted molar refractivity (Wildman–Crippen MR) is 160 cm³/mol. The normalized spacial score (nSPS) is 11.3. The second kappa shape index (κ2) is 11.8. The first kappa shape index (κ1) is 29.1. The Morgan fingerprint density at radius 3 is 2.35 bits per heavy atom. The van der Waals surface area contributed by atoms with E-state index < -0.39 is 11.9 Å². The minimum absolute atomic E-state index is 0.290. The topological polar surface area (TPSA) is 187 Å². The quantitative estimate of drug-likeness (QED) is 0.154. The zero-order chi connectivity index (χ0) is 30.8. The fraction of sp³-hybridized carbons (Fsp3) is 0.310. The van der Waals surface area contributed by atoms with Crippen molar-refractivity contribution in [3.05, 3.63) is 58.9 Å². The summed E-state index contributed by atoms with van der Waals surface area (Å²) in [6.07, 6.45) is 1.37. The number of ether oxygens (including phenoxy) is 2. The molecule has 0 aliphatic heterocycles. The standard InChI is InChI=1S/C29H33N9O5/c1-5-38-22(12-16(2)35-38)26(40)34-29-33-19-13-17(25(30)39)8-9-21(19)36(29)10-6-7-11-37-24-20(32-28(37)31)14-18(27(41)43-4)15-23(24)42-3/h8-9,12-15H,5-7,10-11H2,1-4H3,(H2,30,39)(H2,31,32)(H,33,34,40). The minimum Gasteiger partial charge on any atom is -0.494 e. The molecule has 0 radical (unpaired) electrons. The van der Waals surface area contributed by atoms with Crippen LogP contribution in [-0.4, -0.2) is 60.9 Å². The van der Waals surface area contributed by atoms with E-state index in [-0.39, 0.29) is 11.9 Å². The molecule has 14 nitrogen and oxygen atoms in total. The molecule has 0 saturated heterocycles. The molecule has 0 saturated carbocycles. The van der Waals surface area contributed by atoms with Gasteiger partial charge in [-0.15, -0.1) is 0 Å². The SMILES string of the molecule is CCn1nc(C)cc1C(=O)Nc1nc2cc(C(N)=O)ccc2n1CCCCn1c(N)nc2cc(C(=O)OC)cc(OC)c21. The molecule has 2 aromatic carbocycles. The molecule has 0 bridgehead atoms. The fourth-order valence-electron chi connectivity index (χ4n) is 5.15. The number of benzene rings is 2. The molecule has 5 N–H and O–H groups in total. The van der Waals surface area contributed by atoms with Gasteiger partial charge < -0.3 is 30.1 Å². The van der Waals surface area contributed by atoms with E-state index in [2.05, 4.69) is 20.4 Å². The highest BCUT2D eigenvalue weighted by atomic mass is 16.5. The monoisotopic (exact) mass is 587 g/mol. The molecule has 14 heteroatoms. The number of carbonyl (C=O) groups excluding carboxylic acids is 3. The van der Waals surface area contributed by atoms with Crippen molar-refractivity contribution in [1.82, 2.24) is 28.9 Å². The van der Waals surface area contributed by atoms with Crippen LogP contribution < -0.4 is 21.5 Å². The number of anilines is 2. The van der Waals surface area contributed by atoms with Gasteiger partial charge in [0, 0.05) is 25.2 Å². The molecule has 0 aliphatic carbocycles. The Hall–Kier alpha value is -5.40. The van der Waals surface area contributed by atoms with E-state index in [1.165, 1.54) is 14.2 Å².